The number of nitrogens with one attached hydrogen (secondary N) is 2. The molecule has 0 bridgehead atoms. The predicted octanol–water partition coefficient (Wildman–Crippen LogP) is 4.92. The Hall–Kier alpha value is -1.57. The van der Waals surface area contributed by atoms with Crippen LogP contribution in [-0.4, -0.2) is 31.2 Å². The number of oxime groups is 1. The first kappa shape index (κ1) is 20.7. The zero-order chi connectivity index (χ0) is 19.1. The van der Waals surface area contributed by atoms with Gasteiger partial charge in [0, 0.05) is 22.7 Å². The van der Waals surface area contributed by atoms with Gasteiger partial charge in [-0.15, -0.1) is 11.8 Å². The van der Waals surface area contributed by atoms with Gasteiger partial charge in [0.1, 0.15) is 24.0 Å². The van der Waals surface area contributed by atoms with Gasteiger partial charge in [-0.3, -0.25) is 10.2 Å². The van der Waals surface area contributed by atoms with Crippen molar-refractivity contribution in [3.63, 3.8) is 0 Å². The van der Waals surface area contributed by atoms with Crippen molar-refractivity contribution in [2.45, 2.75) is 6.10 Å². The largest absolute Gasteiger partial charge is 0.399 e. The molecule has 2 rings (SSSR count). The Morgan fingerprint density at radius 1 is 1.19 bits per heavy atom. The van der Waals surface area contributed by atoms with Crippen molar-refractivity contribution >= 4 is 45.7 Å². The second-order valence-corrected chi connectivity index (χ2v) is 6.84. The Balaban J connectivity index is 2.63. The first-order valence-corrected chi connectivity index (χ1v) is 9.61. The third-order valence-corrected chi connectivity index (χ3v) is 4.56. The molecule has 0 spiro atoms. The van der Waals surface area contributed by atoms with Crippen molar-refractivity contribution in [2.75, 3.05) is 20.4 Å². The van der Waals surface area contributed by atoms with Gasteiger partial charge in [-0.25, -0.2) is 5.48 Å². The minimum absolute atomic E-state index is 0.284. The van der Waals surface area contributed by atoms with Crippen molar-refractivity contribution in [1.29, 1.82) is 5.41 Å². The molecule has 0 aromatic heterocycles. The third-order valence-electron chi connectivity index (χ3n) is 3.52. The Bertz CT molecular complexity index is 795. The van der Waals surface area contributed by atoms with Crippen LogP contribution < -0.4 is 5.48 Å². The number of halogens is 2. The van der Waals surface area contributed by atoms with Gasteiger partial charge in [0.25, 0.3) is 0 Å². The van der Waals surface area contributed by atoms with Crippen molar-refractivity contribution in [1.82, 2.24) is 5.48 Å². The van der Waals surface area contributed by atoms with Crippen LogP contribution in [0.1, 0.15) is 22.8 Å². The van der Waals surface area contributed by atoms with E-state index in [9.17, 15) is 0 Å². The van der Waals surface area contributed by atoms with Gasteiger partial charge in [0.15, 0.2) is 0 Å². The highest BCUT2D eigenvalue weighted by atomic mass is 35.5. The maximum atomic E-state index is 8.20. The van der Waals surface area contributed by atoms with Crippen LogP contribution in [-0.2, 0) is 9.68 Å². The van der Waals surface area contributed by atoms with E-state index in [0.29, 0.717) is 15.8 Å². The molecule has 1 atom stereocenters. The molecule has 0 saturated heterocycles. The lowest BCUT2D eigenvalue weighted by molar-refractivity contribution is 0.00964. The molecule has 0 aliphatic rings. The van der Waals surface area contributed by atoms with E-state index in [1.165, 1.54) is 18.9 Å². The summed E-state index contributed by atoms with van der Waals surface area (Å²) in [5, 5.41) is 13.5. The molecule has 0 fully saturated rings. The fourth-order valence-electron chi connectivity index (χ4n) is 2.50. The molecule has 0 aliphatic carbocycles. The predicted molar refractivity (Wildman–Crippen MR) is 110 cm³/mol. The van der Waals surface area contributed by atoms with E-state index >= 15 is 0 Å². The molecule has 0 saturated carbocycles. The van der Waals surface area contributed by atoms with E-state index in [1.54, 1.807) is 25.2 Å². The number of rotatable bonds is 7. The first-order valence-electron chi connectivity index (χ1n) is 7.63. The molecule has 2 aromatic rings. The van der Waals surface area contributed by atoms with E-state index < -0.39 is 6.10 Å². The summed E-state index contributed by atoms with van der Waals surface area (Å²) in [6, 6.07) is 12.8. The lowest BCUT2D eigenvalue weighted by atomic mass is 9.94. The molecule has 138 valence electrons. The van der Waals surface area contributed by atoms with Crippen LogP contribution in [0, 0.1) is 5.41 Å². The van der Waals surface area contributed by atoms with Gasteiger partial charge in [0.2, 0.25) is 0 Å². The highest BCUT2D eigenvalue weighted by Crippen LogP contribution is 2.32. The molecular weight excluding hydrogens is 393 g/mol. The molecule has 0 amide bonds. The van der Waals surface area contributed by atoms with Crippen LogP contribution >= 0.6 is 35.0 Å². The smallest absolute Gasteiger partial charge is 0.141 e. The molecule has 2 aromatic carbocycles. The van der Waals surface area contributed by atoms with Gasteiger partial charge < -0.3 is 4.84 Å². The molecular formula is C18H19Cl2N3O2S. The van der Waals surface area contributed by atoms with E-state index in [1.807, 2.05) is 30.5 Å². The minimum Gasteiger partial charge on any atom is -0.399 e. The summed E-state index contributed by atoms with van der Waals surface area (Å²) in [5.74, 6) is 0. The van der Waals surface area contributed by atoms with Crippen molar-refractivity contribution in [3.05, 3.63) is 69.2 Å². The van der Waals surface area contributed by atoms with Gasteiger partial charge in [-0.1, -0.05) is 52.6 Å². The summed E-state index contributed by atoms with van der Waals surface area (Å²) in [6.45, 7) is 0. The topological polar surface area (TPSA) is 66.7 Å². The number of benzene rings is 2. The van der Waals surface area contributed by atoms with Gasteiger partial charge >= 0.3 is 0 Å². The summed E-state index contributed by atoms with van der Waals surface area (Å²) >= 11 is 13.6. The number of hydrogen-bond donors (Lipinski definition) is 2. The lowest BCUT2D eigenvalue weighted by Gasteiger charge is -2.21. The highest BCUT2D eigenvalue weighted by molar-refractivity contribution is 8.15. The number of nitrogens with zero attached hydrogens (tertiary/aromatic N) is 1. The fourth-order valence-corrected chi connectivity index (χ4v) is 3.38. The molecule has 26 heavy (non-hydrogen) atoms. The summed E-state index contributed by atoms with van der Waals surface area (Å²) in [6.07, 6.45) is 1.30. The van der Waals surface area contributed by atoms with Crippen LogP contribution in [0.5, 0.6) is 0 Å². The maximum Gasteiger partial charge on any atom is 0.141 e. The van der Waals surface area contributed by atoms with Crippen LogP contribution in [0.25, 0.3) is 0 Å². The highest BCUT2D eigenvalue weighted by Gasteiger charge is 2.23. The molecule has 5 nitrogen and oxygen atoms in total. The standard InChI is InChI=1S/C18H19Cl2N3O2S/c1-22-25-17(11-8-12(19)10-13(20)9-11)15-7-5-4-6-14(15)16(23-24-2)18(21)26-3/h4-10,17,21-22H,1-3H3/b21-18?,23-16+. The maximum absolute atomic E-state index is 8.20. The zero-order valence-electron chi connectivity index (χ0n) is 14.5. The molecule has 1 unspecified atom stereocenters. The summed E-state index contributed by atoms with van der Waals surface area (Å²) in [5.41, 5.74) is 5.46. The molecule has 0 heterocycles. The number of hydrogen-bond acceptors (Lipinski definition) is 6. The van der Waals surface area contributed by atoms with Crippen LogP contribution in [0.15, 0.2) is 47.6 Å². The Morgan fingerprint density at radius 2 is 1.85 bits per heavy atom. The monoisotopic (exact) mass is 411 g/mol. The second kappa shape index (κ2) is 9.94. The van der Waals surface area contributed by atoms with Crippen LogP contribution in [0.3, 0.4) is 0 Å². The Kier molecular flexibility index (Phi) is 7.93. The first-order chi connectivity index (χ1) is 12.5. The van der Waals surface area contributed by atoms with E-state index in [2.05, 4.69) is 10.6 Å². The molecule has 2 N–H and O–H groups in total. The van der Waals surface area contributed by atoms with Crippen molar-refractivity contribution in [2.24, 2.45) is 5.16 Å². The SMILES string of the molecule is CNOC(c1cc(Cl)cc(Cl)c1)c1ccccc1/C(=N\OC)C(=N)SC. The van der Waals surface area contributed by atoms with E-state index in [4.69, 9.17) is 38.3 Å². The molecule has 0 radical (unpaired) electrons. The molecule has 8 heteroatoms. The van der Waals surface area contributed by atoms with E-state index in [0.717, 1.165) is 16.7 Å². The van der Waals surface area contributed by atoms with Gasteiger partial charge in [0.05, 0.1) is 0 Å². The molecule has 0 aliphatic heterocycles. The average Bonchev–Trinajstić information content (AvgIpc) is 2.63. The minimum atomic E-state index is -0.510. The van der Waals surface area contributed by atoms with Crippen molar-refractivity contribution in [3.8, 4) is 0 Å². The Labute approximate surface area is 167 Å². The Morgan fingerprint density at radius 3 is 2.42 bits per heavy atom. The summed E-state index contributed by atoms with van der Waals surface area (Å²) < 4.78 is 0. The third kappa shape index (κ3) is 4.99. The van der Waals surface area contributed by atoms with E-state index in [-0.39, 0.29) is 5.04 Å². The fraction of sp³-hybridized carbons (Fsp3) is 0.222. The lowest BCUT2D eigenvalue weighted by Crippen LogP contribution is -2.20. The second-order valence-electron chi connectivity index (χ2n) is 5.15. The zero-order valence-corrected chi connectivity index (χ0v) is 16.9. The van der Waals surface area contributed by atoms with Gasteiger partial charge in [-0.05, 0) is 35.6 Å². The number of thioether (sulfide) groups is 1. The van der Waals surface area contributed by atoms with Gasteiger partial charge in [-0.2, -0.15) is 0 Å². The van der Waals surface area contributed by atoms with Crippen LogP contribution in [0.4, 0.5) is 0 Å². The van der Waals surface area contributed by atoms with Crippen LogP contribution in [0.2, 0.25) is 10.0 Å². The average molecular weight is 412 g/mol. The summed E-state index contributed by atoms with van der Waals surface area (Å²) in [7, 11) is 3.13. The normalized spacial score (nSPS) is 12.7. The van der Waals surface area contributed by atoms with Crippen molar-refractivity contribution < 1.29 is 9.68 Å². The number of hydroxylamine groups is 1. The summed E-state index contributed by atoms with van der Waals surface area (Å²) in [4.78, 5) is 10.7. The quantitative estimate of drug-likeness (QED) is 0.385.